The van der Waals surface area contributed by atoms with E-state index in [0.29, 0.717) is 6.04 Å². The van der Waals surface area contributed by atoms with E-state index in [9.17, 15) is 4.79 Å². The summed E-state index contributed by atoms with van der Waals surface area (Å²) >= 11 is 1.73. The van der Waals surface area contributed by atoms with Gasteiger partial charge in [-0.15, -0.1) is 16.8 Å². The van der Waals surface area contributed by atoms with Crippen molar-refractivity contribution in [2.24, 2.45) is 0 Å². The van der Waals surface area contributed by atoms with Crippen molar-refractivity contribution in [1.82, 2.24) is 5.06 Å². The molecule has 62 valence electrons. The fourth-order valence-electron chi connectivity index (χ4n) is 1.62. The number of hydrogen-bond acceptors (Lipinski definition) is 4. The van der Waals surface area contributed by atoms with Crippen LogP contribution in [0, 0.1) is 0 Å². The Labute approximate surface area is 70.0 Å². The molecule has 0 saturated carbocycles. The van der Waals surface area contributed by atoms with Crippen molar-refractivity contribution in [1.29, 1.82) is 0 Å². The fraction of sp³-hybridized carbons (Fsp3) is 0.857. The standard InChI is InChI=1S/C7H11NO2S/c1-8-5-3-2-4-11-6(5)7(9)10-8/h5-6H,2-4H2,1H3. The van der Waals surface area contributed by atoms with Gasteiger partial charge in [0, 0.05) is 7.05 Å². The Balaban J connectivity index is 2.13. The lowest BCUT2D eigenvalue weighted by Crippen LogP contribution is -2.33. The smallest absolute Gasteiger partial charge is 0.339 e. The molecule has 0 N–H and O–H groups in total. The number of carbonyl (C=O) groups excluding carboxylic acids is 1. The molecule has 3 nitrogen and oxygen atoms in total. The first-order valence-corrected chi connectivity index (χ1v) is 4.90. The third-order valence-electron chi connectivity index (χ3n) is 2.22. The molecule has 0 radical (unpaired) electrons. The predicted molar refractivity (Wildman–Crippen MR) is 43.1 cm³/mol. The van der Waals surface area contributed by atoms with Crippen LogP contribution in [0.1, 0.15) is 12.8 Å². The van der Waals surface area contributed by atoms with E-state index in [1.165, 1.54) is 6.42 Å². The maximum absolute atomic E-state index is 11.1. The lowest BCUT2D eigenvalue weighted by molar-refractivity contribution is -0.168. The molecule has 0 aromatic carbocycles. The molecule has 0 aliphatic carbocycles. The highest BCUT2D eigenvalue weighted by Gasteiger charge is 2.43. The molecule has 0 aromatic rings. The summed E-state index contributed by atoms with van der Waals surface area (Å²) in [6.45, 7) is 0. The van der Waals surface area contributed by atoms with Gasteiger partial charge in [0.25, 0.3) is 0 Å². The molecule has 2 rings (SSSR count). The van der Waals surface area contributed by atoms with E-state index in [1.54, 1.807) is 16.8 Å². The minimum atomic E-state index is -0.0535. The monoisotopic (exact) mass is 173 g/mol. The minimum Gasteiger partial charge on any atom is -0.367 e. The zero-order chi connectivity index (χ0) is 7.84. The van der Waals surface area contributed by atoms with Crippen molar-refractivity contribution >= 4 is 17.7 Å². The van der Waals surface area contributed by atoms with Gasteiger partial charge in [-0.25, -0.2) is 4.79 Å². The van der Waals surface area contributed by atoms with E-state index < -0.39 is 0 Å². The first-order chi connectivity index (χ1) is 5.29. The molecule has 2 fully saturated rings. The van der Waals surface area contributed by atoms with Crippen molar-refractivity contribution in [2.75, 3.05) is 12.8 Å². The quantitative estimate of drug-likeness (QED) is 0.538. The topological polar surface area (TPSA) is 29.5 Å². The van der Waals surface area contributed by atoms with Crippen LogP contribution in [0.5, 0.6) is 0 Å². The van der Waals surface area contributed by atoms with Gasteiger partial charge < -0.3 is 4.84 Å². The largest absolute Gasteiger partial charge is 0.367 e. The lowest BCUT2D eigenvalue weighted by Gasteiger charge is -2.23. The van der Waals surface area contributed by atoms with Gasteiger partial charge in [-0.1, -0.05) is 0 Å². The Kier molecular flexibility index (Phi) is 1.81. The van der Waals surface area contributed by atoms with Crippen molar-refractivity contribution in [2.45, 2.75) is 24.1 Å². The summed E-state index contributed by atoms with van der Waals surface area (Å²) in [7, 11) is 1.84. The molecule has 0 bridgehead atoms. The van der Waals surface area contributed by atoms with E-state index in [2.05, 4.69) is 0 Å². The maximum Gasteiger partial charge on any atom is 0.339 e. The van der Waals surface area contributed by atoms with E-state index >= 15 is 0 Å². The summed E-state index contributed by atoms with van der Waals surface area (Å²) < 4.78 is 0. The van der Waals surface area contributed by atoms with Crippen LogP contribution in [-0.2, 0) is 9.63 Å². The van der Waals surface area contributed by atoms with Crippen LogP contribution >= 0.6 is 11.8 Å². The van der Waals surface area contributed by atoms with Crippen LogP contribution in [0.4, 0.5) is 0 Å². The third kappa shape index (κ3) is 1.14. The summed E-state index contributed by atoms with van der Waals surface area (Å²) in [5, 5.41) is 1.80. The number of rotatable bonds is 0. The van der Waals surface area contributed by atoms with Crippen LogP contribution in [-0.4, -0.2) is 35.1 Å². The van der Waals surface area contributed by atoms with Gasteiger partial charge in [-0.2, -0.15) is 0 Å². The van der Waals surface area contributed by atoms with E-state index in [-0.39, 0.29) is 11.2 Å². The fourth-order valence-corrected chi connectivity index (χ4v) is 2.92. The molecule has 2 unspecified atom stereocenters. The Bertz CT molecular complexity index is 185. The van der Waals surface area contributed by atoms with Gasteiger partial charge in [-0.3, -0.25) is 0 Å². The van der Waals surface area contributed by atoms with Gasteiger partial charge in [-0.05, 0) is 18.6 Å². The molecule has 2 saturated heterocycles. The van der Waals surface area contributed by atoms with E-state index in [1.807, 2.05) is 7.05 Å². The SMILES string of the molecule is CN1OC(=O)C2SCCCC21. The zero-order valence-electron chi connectivity index (χ0n) is 6.45. The zero-order valence-corrected chi connectivity index (χ0v) is 7.26. The van der Waals surface area contributed by atoms with Crippen molar-refractivity contribution in [3.63, 3.8) is 0 Å². The molecule has 2 atom stereocenters. The first-order valence-electron chi connectivity index (χ1n) is 3.85. The molecule has 4 heteroatoms. The van der Waals surface area contributed by atoms with Crippen LogP contribution < -0.4 is 0 Å². The molecule has 2 aliphatic heterocycles. The van der Waals surface area contributed by atoms with Crippen LogP contribution in [0.3, 0.4) is 0 Å². The molecule has 11 heavy (non-hydrogen) atoms. The highest BCUT2D eigenvalue weighted by atomic mass is 32.2. The second-order valence-corrected chi connectivity index (χ2v) is 4.21. The van der Waals surface area contributed by atoms with Crippen LogP contribution in [0.15, 0.2) is 0 Å². The number of thioether (sulfide) groups is 1. The molecule has 2 heterocycles. The molecule has 0 amide bonds. The maximum atomic E-state index is 11.1. The normalized spacial score (nSPS) is 38.5. The van der Waals surface area contributed by atoms with E-state index in [0.717, 1.165) is 12.2 Å². The molecular weight excluding hydrogens is 162 g/mol. The van der Waals surface area contributed by atoms with Crippen LogP contribution in [0.25, 0.3) is 0 Å². The van der Waals surface area contributed by atoms with Gasteiger partial charge in [0.05, 0.1) is 6.04 Å². The number of fused-ring (bicyclic) bond motifs is 1. The Hall–Kier alpha value is -0.220. The average Bonchev–Trinajstić information content (AvgIpc) is 2.30. The van der Waals surface area contributed by atoms with Crippen molar-refractivity contribution < 1.29 is 9.63 Å². The first kappa shape index (κ1) is 7.43. The molecule has 0 spiro atoms. The molecule has 2 aliphatic rings. The summed E-state index contributed by atoms with van der Waals surface area (Å²) in [4.78, 5) is 16.1. The molecule has 0 aromatic heterocycles. The summed E-state index contributed by atoms with van der Waals surface area (Å²) in [5.41, 5.74) is 0. The second kappa shape index (κ2) is 2.68. The number of hydrogen-bond donors (Lipinski definition) is 0. The lowest BCUT2D eigenvalue weighted by atomic mass is 10.1. The highest BCUT2D eigenvalue weighted by molar-refractivity contribution is 8.00. The number of carbonyl (C=O) groups is 1. The van der Waals surface area contributed by atoms with Crippen molar-refractivity contribution in [3.8, 4) is 0 Å². The number of nitrogens with zero attached hydrogens (tertiary/aromatic N) is 1. The van der Waals surface area contributed by atoms with Gasteiger partial charge in [0.15, 0.2) is 0 Å². The Morgan fingerprint density at radius 1 is 1.73 bits per heavy atom. The highest BCUT2D eigenvalue weighted by Crippen LogP contribution is 2.33. The summed E-state index contributed by atoms with van der Waals surface area (Å²) in [6, 6.07) is 0.334. The van der Waals surface area contributed by atoms with Gasteiger partial charge in [0.1, 0.15) is 5.25 Å². The summed E-state index contributed by atoms with van der Waals surface area (Å²) in [6.07, 6.45) is 2.30. The number of hydroxylamine groups is 2. The van der Waals surface area contributed by atoms with Crippen molar-refractivity contribution in [3.05, 3.63) is 0 Å². The van der Waals surface area contributed by atoms with E-state index in [4.69, 9.17) is 4.84 Å². The average molecular weight is 173 g/mol. The molecular formula is C7H11NO2S. The van der Waals surface area contributed by atoms with Crippen LogP contribution in [0.2, 0.25) is 0 Å². The summed E-state index contributed by atoms with van der Waals surface area (Å²) in [5.74, 6) is 1.05. The van der Waals surface area contributed by atoms with Gasteiger partial charge in [0.2, 0.25) is 0 Å². The Morgan fingerprint density at radius 2 is 2.55 bits per heavy atom. The van der Waals surface area contributed by atoms with Gasteiger partial charge >= 0.3 is 5.97 Å². The second-order valence-electron chi connectivity index (χ2n) is 2.96. The predicted octanol–water partition coefficient (Wildman–Crippen LogP) is 0.654. The Morgan fingerprint density at radius 3 is 3.27 bits per heavy atom. The third-order valence-corrected chi connectivity index (χ3v) is 3.61. The minimum absolute atomic E-state index is 0.0535.